The Morgan fingerprint density at radius 1 is 1.35 bits per heavy atom. The van der Waals surface area contributed by atoms with Gasteiger partial charge in [-0.3, -0.25) is 0 Å². The average Bonchev–Trinajstić information content (AvgIpc) is 2.86. The number of carboxylic acids is 1. The molecule has 2 aromatic rings. The molecule has 0 radical (unpaired) electrons. The zero-order valence-corrected chi connectivity index (χ0v) is 11.3. The van der Waals surface area contributed by atoms with Crippen LogP contribution in [0, 0.1) is 6.92 Å². The predicted molar refractivity (Wildman–Crippen MR) is 69.7 cm³/mol. The van der Waals surface area contributed by atoms with Crippen molar-refractivity contribution in [3.05, 3.63) is 46.8 Å². The lowest BCUT2D eigenvalue weighted by Gasteiger charge is -2.08. The van der Waals surface area contributed by atoms with Crippen LogP contribution in [0.5, 0.6) is 5.75 Å². The van der Waals surface area contributed by atoms with Crippen molar-refractivity contribution in [3.63, 3.8) is 0 Å². The third-order valence-electron chi connectivity index (χ3n) is 2.70. The summed E-state index contributed by atoms with van der Waals surface area (Å²) in [5, 5.41) is 12.8. The topological polar surface area (TPSA) is 81.8 Å². The van der Waals surface area contributed by atoms with Crippen LogP contribution < -0.4 is 4.74 Å². The number of hydrogen-bond donors (Lipinski definition) is 1. The first-order valence-corrected chi connectivity index (χ1v) is 6.00. The minimum atomic E-state index is -0.987. The Morgan fingerprint density at radius 2 is 2.15 bits per heavy atom. The summed E-state index contributed by atoms with van der Waals surface area (Å²) in [6.07, 6.45) is 0. The number of aromatic carboxylic acids is 1. The molecule has 0 saturated carbocycles. The van der Waals surface area contributed by atoms with Crippen molar-refractivity contribution in [1.82, 2.24) is 5.16 Å². The van der Waals surface area contributed by atoms with Gasteiger partial charge in [-0.15, -0.1) is 0 Å². The summed E-state index contributed by atoms with van der Waals surface area (Å²) in [5.41, 5.74) is 1.67. The summed E-state index contributed by atoms with van der Waals surface area (Å²) in [7, 11) is 1.57. The van der Waals surface area contributed by atoms with Crippen molar-refractivity contribution < 1.29 is 23.9 Å². The van der Waals surface area contributed by atoms with Gasteiger partial charge in [0.15, 0.2) is 5.76 Å². The highest BCUT2D eigenvalue weighted by atomic mass is 16.5. The molecule has 20 heavy (non-hydrogen) atoms. The smallest absolute Gasteiger partial charge is 0.335 e. The van der Waals surface area contributed by atoms with Crippen LogP contribution in [0.3, 0.4) is 0 Å². The van der Waals surface area contributed by atoms with E-state index in [0.717, 1.165) is 5.56 Å². The molecule has 0 spiro atoms. The van der Waals surface area contributed by atoms with Crippen LogP contribution in [-0.4, -0.2) is 23.3 Å². The third-order valence-corrected chi connectivity index (χ3v) is 2.70. The summed E-state index contributed by atoms with van der Waals surface area (Å²) in [5.74, 6) is 0.141. The number of aromatic nitrogens is 1. The first kappa shape index (κ1) is 14.1. The average molecular weight is 277 g/mol. The first-order valence-electron chi connectivity index (χ1n) is 6.00. The van der Waals surface area contributed by atoms with Crippen molar-refractivity contribution in [2.75, 3.05) is 7.11 Å². The van der Waals surface area contributed by atoms with Crippen LogP contribution >= 0.6 is 0 Å². The van der Waals surface area contributed by atoms with E-state index in [-0.39, 0.29) is 12.2 Å². The summed E-state index contributed by atoms with van der Waals surface area (Å²) < 4.78 is 15.5. The van der Waals surface area contributed by atoms with Crippen LogP contribution in [0.25, 0.3) is 0 Å². The van der Waals surface area contributed by atoms with Gasteiger partial charge in [-0.2, -0.15) is 0 Å². The van der Waals surface area contributed by atoms with Gasteiger partial charge in [0.05, 0.1) is 5.56 Å². The molecule has 0 aliphatic rings. The lowest BCUT2D eigenvalue weighted by atomic mass is 10.1. The Bertz CT molecular complexity index is 605. The van der Waals surface area contributed by atoms with E-state index in [1.807, 2.05) is 6.92 Å². The molecule has 0 fully saturated rings. The SMILES string of the molecule is COCc1cc(COc2cc(C(=O)O)ccc2C)no1. The van der Waals surface area contributed by atoms with Gasteiger partial charge in [-0.25, -0.2) is 4.79 Å². The predicted octanol–water partition coefficient (Wildman–Crippen LogP) is 2.41. The molecule has 0 unspecified atom stereocenters. The molecule has 1 aromatic heterocycles. The number of benzene rings is 1. The summed E-state index contributed by atoms with van der Waals surface area (Å²) in [4.78, 5) is 10.9. The molecular formula is C14H15NO5. The number of rotatable bonds is 6. The van der Waals surface area contributed by atoms with E-state index in [0.29, 0.717) is 23.8 Å². The third kappa shape index (κ3) is 3.36. The van der Waals surface area contributed by atoms with Crippen molar-refractivity contribution in [3.8, 4) is 5.75 Å². The van der Waals surface area contributed by atoms with E-state index < -0.39 is 5.97 Å². The van der Waals surface area contributed by atoms with Gasteiger partial charge in [0.2, 0.25) is 0 Å². The molecule has 106 valence electrons. The molecule has 1 aromatic carbocycles. The zero-order chi connectivity index (χ0) is 14.5. The van der Waals surface area contributed by atoms with Crippen molar-refractivity contribution in [2.24, 2.45) is 0 Å². The molecule has 0 amide bonds. The van der Waals surface area contributed by atoms with Gasteiger partial charge in [0.25, 0.3) is 0 Å². The Labute approximate surface area is 115 Å². The number of hydrogen-bond acceptors (Lipinski definition) is 5. The standard InChI is InChI=1S/C14H15NO5/c1-9-3-4-10(14(16)17)5-13(9)19-7-11-6-12(8-18-2)20-15-11/h3-6H,7-8H2,1-2H3,(H,16,17). The summed E-state index contributed by atoms with van der Waals surface area (Å²) in [6.45, 7) is 2.40. The Hall–Kier alpha value is -2.34. The maximum atomic E-state index is 10.9. The van der Waals surface area contributed by atoms with E-state index in [2.05, 4.69) is 5.16 Å². The van der Waals surface area contributed by atoms with Crippen molar-refractivity contribution in [2.45, 2.75) is 20.1 Å². The van der Waals surface area contributed by atoms with Gasteiger partial charge < -0.3 is 19.1 Å². The zero-order valence-electron chi connectivity index (χ0n) is 11.3. The monoisotopic (exact) mass is 277 g/mol. The highest BCUT2D eigenvalue weighted by Crippen LogP contribution is 2.21. The second kappa shape index (κ2) is 6.21. The van der Waals surface area contributed by atoms with Gasteiger partial charge in [-0.05, 0) is 24.6 Å². The molecule has 0 bridgehead atoms. The number of ether oxygens (including phenoxy) is 2. The minimum absolute atomic E-state index is 0.186. The molecule has 6 nitrogen and oxygen atoms in total. The number of aryl methyl sites for hydroxylation is 1. The van der Waals surface area contributed by atoms with Gasteiger partial charge >= 0.3 is 5.97 Å². The maximum Gasteiger partial charge on any atom is 0.335 e. The van der Waals surface area contributed by atoms with E-state index in [4.69, 9.17) is 19.1 Å². The highest BCUT2D eigenvalue weighted by molar-refractivity contribution is 5.88. The molecular weight excluding hydrogens is 262 g/mol. The van der Waals surface area contributed by atoms with Gasteiger partial charge in [-0.1, -0.05) is 11.2 Å². The molecule has 0 saturated heterocycles. The molecule has 1 heterocycles. The molecule has 0 atom stereocenters. The summed E-state index contributed by atoms with van der Waals surface area (Å²) in [6, 6.07) is 6.48. The van der Waals surface area contributed by atoms with E-state index in [9.17, 15) is 4.79 Å². The minimum Gasteiger partial charge on any atom is -0.487 e. The highest BCUT2D eigenvalue weighted by Gasteiger charge is 2.09. The normalized spacial score (nSPS) is 10.5. The van der Waals surface area contributed by atoms with Crippen LogP contribution in [0.1, 0.15) is 27.4 Å². The molecule has 0 aliphatic carbocycles. The number of nitrogens with zero attached hydrogens (tertiary/aromatic N) is 1. The Morgan fingerprint density at radius 3 is 2.85 bits per heavy atom. The van der Waals surface area contributed by atoms with Crippen LogP contribution in [0.2, 0.25) is 0 Å². The number of carboxylic acid groups (broad SMARTS) is 1. The second-order valence-corrected chi connectivity index (χ2v) is 4.29. The Balaban J connectivity index is 2.05. The van der Waals surface area contributed by atoms with E-state index >= 15 is 0 Å². The summed E-state index contributed by atoms with van der Waals surface area (Å²) >= 11 is 0. The number of methoxy groups -OCH3 is 1. The number of carbonyl (C=O) groups is 1. The lowest BCUT2D eigenvalue weighted by Crippen LogP contribution is -2.01. The fourth-order valence-corrected chi connectivity index (χ4v) is 1.67. The molecule has 6 heteroatoms. The van der Waals surface area contributed by atoms with Crippen LogP contribution in [0.4, 0.5) is 0 Å². The van der Waals surface area contributed by atoms with Gasteiger partial charge in [0, 0.05) is 13.2 Å². The molecule has 2 rings (SSSR count). The fraction of sp³-hybridized carbons (Fsp3) is 0.286. The second-order valence-electron chi connectivity index (χ2n) is 4.29. The van der Waals surface area contributed by atoms with Crippen molar-refractivity contribution in [1.29, 1.82) is 0 Å². The van der Waals surface area contributed by atoms with E-state index in [1.165, 1.54) is 12.1 Å². The Kier molecular flexibility index (Phi) is 4.37. The lowest BCUT2D eigenvalue weighted by molar-refractivity contribution is 0.0696. The van der Waals surface area contributed by atoms with Gasteiger partial charge in [0.1, 0.15) is 24.7 Å². The first-order chi connectivity index (χ1) is 9.60. The molecule has 0 aliphatic heterocycles. The molecule has 1 N–H and O–H groups in total. The quantitative estimate of drug-likeness (QED) is 0.873. The van der Waals surface area contributed by atoms with Crippen LogP contribution in [-0.2, 0) is 18.0 Å². The van der Waals surface area contributed by atoms with Crippen molar-refractivity contribution >= 4 is 5.97 Å². The van der Waals surface area contributed by atoms with E-state index in [1.54, 1.807) is 19.2 Å². The largest absolute Gasteiger partial charge is 0.487 e. The van der Waals surface area contributed by atoms with Crippen LogP contribution in [0.15, 0.2) is 28.8 Å². The maximum absolute atomic E-state index is 10.9. The fourth-order valence-electron chi connectivity index (χ4n) is 1.67.